The lowest BCUT2D eigenvalue weighted by molar-refractivity contribution is 0.376. The van der Waals surface area contributed by atoms with E-state index in [2.05, 4.69) is 42.9 Å². The summed E-state index contributed by atoms with van der Waals surface area (Å²) in [5.74, 6) is 2.10. The van der Waals surface area contributed by atoms with Crippen molar-refractivity contribution in [3.05, 3.63) is 28.7 Å². The third-order valence-corrected chi connectivity index (χ3v) is 4.42. The van der Waals surface area contributed by atoms with Crippen LogP contribution in [-0.2, 0) is 0 Å². The third kappa shape index (κ3) is 2.71. The van der Waals surface area contributed by atoms with Gasteiger partial charge in [0.15, 0.2) is 5.82 Å². The maximum atomic E-state index is 6.13. The van der Waals surface area contributed by atoms with Gasteiger partial charge in [0.05, 0.1) is 0 Å². The Balaban J connectivity index is 1.78. The average Bonchev–Trinajstić information content (AvgIpc) is 2.92. The third-order valence-electron chi connectivity index (χ3n) is 3.89. The van der Waals surface area contributed by atoms with Crippen molar-refractivity contribution in [2.75, 3.05) is 18.0 Å². The number of aromatic nitrogens is 3. The maximum absolute atomic E-state index is 6.13. The number of aromatic amines is 1. The molecule has 2 heterocycles. The first kappa shape index (κ1) is 13.6. The minimum Gasteiger partial charge on any atom is -0.338 e. The summed E-state index contributed by atoms with van der Waals surface area (Å²) in [6.07, 6.45) is 1.09. The number of piperidine rings is 1. The zero-order valence-electron chi connectivity index (χ0n) is 11.4. The molecule has 20 heavy (non-hydrogen) atoms. The first-order valence-corrected chi connectivity index (χ1v) is 7.61. The second-order valence-electron chi connectivity index (χ2n) is 5.37. The summed E-state index contributed by atoms with van der Waals surface area (Å²) in [7, 11) is 0. The molecular weight excluding hydrogens is 318 g/mol. The number of halogens is 1. The lowest BCUT2D eigenvalue weighted by Crippen LogP contribution is -2.48. The second-order valence-corrected chi connectivity index (χ2v) is 6.28. The van der Waals surface area contributed by atoms with Crippen molar-refractivity contribution in [3.8, 4) is 11.4 Å². The molecule has 0 amide bonds. The van der Waals surface area contributed by atoms with Crippen molar-refractivity contribution < 1.29 is 0 Å². The van der Waals surface area contributed by atoms with Crippen LogP contribution in [0.3, 0.4) is 0 Å². The smallest absolute Gasteiger partial charge is 0.245 e. The Morgan fingerprint density at radius 3 is 2.80 bits per heavy atom. The summed E-state index contributed by atoms with van der Waals surface area (Å²) in [4.78, 5) is 6.74. The summed E-state index contributed by atoms with van der Waals surface area (Å²) < 4.78 is 1.05. The molecule has 1 saturated heterocycles. The van der Waals surface area contributed by atoms with Gasteiger partial charge in [0.1, 0.15) is 0 Å². The van der Waals surface area contributed by atoms with Gasteiger partial charge in [-0.3, -0.25) is 5.10 Å². The van der Waals surface area contributed by atoms with Gasteiger partial charge in [-0.05, 0) is 24.5 Å². The normalized spacial score (nSPS) is 23.1. The number of nitrogens with two attached hydrogens (primary N) is 1. The van der Waals surface area contributed by atoms with Crippen LogP contribution in [0.4, 0.5) is 5.95 Å². The van der Waals surface area contributed by atoms with E-state index in [1.54, 1.807) is 0 Å². The highest BCUT2D eigenvalue weighted by Crippen LogP contribution is 2.23. The van der Waals surface area contributed by atoms with Gasteiger partial charge in [-0.1, -0.05) is 35.0 Å². The largest absolute Gasteiger partial charge is 0.338 e. The minimum absolute atomic E-state index is 0.193. The molecule has 3 rings (SSSR count). The quantitative estimate of drug-likeness (QED) is 0.884. The zero-order valence-corrected chi connectivity index (χ0v) is 13.0. The van der Waals surface area contributed by atoms with Crippen LogP contribution in [0.25, 0.3) is 11.4 Å². The molecule has 1 aromatic carbocycles. The van der Waals surface area contributed by atoms with Crippen molar-refractivity contribution in [2.24, 2.45) is 11.7 Å². The van der Waals surface area contributed by atoms with Gasteiger partial charge in [0, 0.05) is 29.2 Å². The van der Waals surface area contributed by atoms with E-state index in [1.807, 2.05) is 24.3 Å². The van der Waals surface area contributed by atoms with Crippen LogP contribution in [0.5, 0.6) is 0 Å². The van der Waals surface area contributed by atoms with Crippen LogP contribution in [0.2, 0.25) is 0 Å². The molecule has 1 fully saturated rings. The molecule has 2 unspecified atom stereocenters. The predicted octanol–water partition coefficient (Wildman–Crippen LogP) is 2.41. The van der Waals surface area contributed by atoms with Gasteiger partial charge in [-0.15, -0.1) is 5.10 Å². The molecule has 0 spiro atoms. The van der Waals surface area contributed by atoms with Crippen LogP contribution in [-0.4, -0.2) is 34.3 Å². The molecule has 0 saturated carbocycles. The molecule has 2 aromatic rings. The average molecular weight is 336 g/mol. The van der Waals surface area contributed by atoms with Crippen molar-refractivity contribution in [1.29, 1.82) is 0 Å². The molecule has 1 aliphatic heterocycles. The van der Waals surface area contributed by atoms with Crippen LogP contribution < -0.4 is 10.6 Å². The summed E-state index contributed by atoms with van der Waals surface area (Å²) in [6, 6.07) is 8.21. The van der Waals surface area contributed by atoms with E-state index < -0.39 is 0 Å². The van der Waals surface area contributed by atoms with Gasteiger partial charge in [-0.25, -0.2) is 0 Å². The zero-order chi connectivity index (χ0) is 14.1. The second kappa shape index (κ2) is 5.54. The fraction of sp³-hybridized carbons (Fsp3) is 0.429. The molecule has 0 radical (unpaired) electrons. The number of hydrogen-bond acceptors (Lipinski definition) is 4. The van der Waals surface area contributed by atoms with E-state index in [4.69, 9.17) is 5.73 Å². The Morgan fingerprint density at radius 2 is 2.10 bits per heavy atom. The van der Waals surface area contributed by atoms with Crippen LogP contribution in [0.1, 0.15) is 13.3 Å². The summed E-state index contributed by atoms with van der Waals surface area (Å²) in [5, 5.41) is 7.33. The molecule has 5 nitrogen and oxygen atoms in total. The first-order valence-electron chi connectivity index (χ1n) is 6.82. The van der Waals surface area contributed by atoms with Crippen molar-refractivity contribution in [1.82, 2.24) is 15.2 Å². The fourth-order valence-electron chi connectivity index (χ4n) is 2.41. The van der Waals surface area contributed by atoms with E-state index in [-0.39, 0.29) is 6.04 Å². The van der Waals surface area contributed by atoms with Crippen molar-refractivity contribution in [3.63, 3.8) is 0 Å². The molecular formula is C14H18BrN5. The molecule has 0 bridgehead atoms. The lowest BCUT2D eigenvalue weighted by atomic mass is 9.95. The van der Waals surface area contributed by atoms with E-state index in [1.165, 1.54) is 0 Å². The molecule has 2 atom stereocenters. The van der Waals surface area contributed by atoms with Gasteiger partial charge in [-0.2, -0.15) is 4.98 Å². The van der Waals surface area contributed by atoms with Crippen LogP contribution in [0.15, 0.2) is 28.7 Å². The summed E-state index contributed by atoms with van der Waals surface area (Å²) >= 11 is 3.43. The molecule has 3 N–H and O–H groups in total. The number of nitrogens with one attached hydrogen (secondary N) is 1. The molecule has 6 heteroatoms. The standard InChI is InChI=1S/C14H18BrN5/c1-9-6-7-20(8-12(9)16)14-17-13(18-19-14)10-2-4-11(15)5-3-10/h2-5,9,12H,6-8,16H2,1H3,(H,17,18,19). The van der Waals surface area contributed by atoms with Gasteiger partial charge in [0.25, 0.3) is 0 Å². The van der Waals surface area contributed by atoms with Crippen molar-refractivity contribution >= 4 is 21.9 Å². The highest BCUT2D eigenvalue weighted by atomic mass is 79.9. The fourth-order valence-corrected chi connectivity index (χ4v) is 2.68. The van der Waals surface area contributed by atoms with Gasteiger partial charge >= 0.3 is 0 Å². The number of H-pyrrole nitrogens is 1. The number of nitrogens with zero attached hydrogens (tertiary/aromatic N) is 3. The number of hydrogen-bond donors (Lipinski definition) is 2. The Kier molecular flexibility index (Phi) is 3.76. The van der Waals surface area contributed by atoms with E-state index in [0.717, 1.165) is 41.3 Å². The number of anilines is 1. The van der Waals surface area contributed by atoms with E-state index >= 15 is 0 Å². The Morgan fingerprint density at radius 1 is 1.35 bits per heavy atom. The van der Waals surface area contributed by atoms with Crippen LogP contribution >= 0.6 is 15.9 Å². The Labute approximate surface area is 126 Å². The first-order chi connectivity index (χ1) is 9.63. The number of rotatable bonds is 2. The summed E-state index contributed by atoms with van der Waals surface area (Å²) in [5.41, 5.74) is 7.16. The van der Waals surface area contributed by atoms with Gasteiger partial charge < -0.3 is 10.6 Å². The van der Waals surface area contributed by atoms with E-state index in [9.17, 15) is 0 Å². The van der Waals surface area contributed by atoms with E-state index in [0.29, 0.717) is 5.92 Å². The highest BCUT2D eigenvalue weighted by Gasteiger charge is 2.25. The highest BCUT2D eigenvalue weighted by molar-refractivity contribution is 9.10. The molecule has 0 aliphatic carbocycles. The van der Waals surface area contributed by atoms with Crippen molar-refractivity contribution in [2.45, 2.75) is 19.4 Å². The monoisotopic (exact) mass is 335 g/mol. The minimum atomic E-state index is 0.193. The predicted molar refractivity (Wildman–Crippen MR) is 83.5 cm³/mol. The summed E-state index contributed by atoms with van der Waals surface area (Å²) in [6.45, 7) is 3.98. The number of benzene rings is 1. The van der Waals surface area contributed by atoms with Crippen LogP contribution in [0, 0.1) is 5.92 Å². The molecule has 1 aliphatic rings. The lowest BCUT2D eigenvalue weighted by Gasteiger charge is -2.34. The molecule has 106 valence electrons. The Bertz CT molecular complexity index is 580. The maximum Gasteiger partial charge on any atom is 0.245 e. The molecule has 1 aromatic heterocycles. The van der Waals surface area contributed by atoms with Gasteiger partial charge in [0.2, 0.25) is 5.95 Å². The Hall–Kier alpha value is -1.40. The topological polar surface area (TPSA) is 70.8 Å². The SMILES string of the molecule is CC1CCN(c2n[nH]c(-c3ccc(Br)cc3)n2)CC1N.